The lowest BCUT2D eigenvalue weighted by molar-refractivity contribution is -0.765. The van der Waals surface area contributed by atoms with Crippen LogP contribution >= 0.6 is 0 Å². The first-order chi connectivity index (χ1) is 12.9. The Hall–Kier alpha value is -2.45. The third-order valence-electron chi connectivity index (χ3n) is 4.70. The van der Waals surface area contributed by atoms with Crippen LogP contribution in [0.25, 0.3) is 0 Å². The lowest BCUT2D eigenvalue weighted by Crippen LogP contribution is -2.46. The maximum absolute atomic E-state index is 12.7. The van der Waals surface area contributed by atoms with Crippen LogP contribution in [0.2, 0.25) is 0 Å². The van der Waals surface area contributed by atoms with Crippen molar-refractivity contribution in [3.05, 3.63) is 65.5 Å². The number of hydrogen-bond donors (Lipinski definition) is 3. The summed E-state index contributed by atoms with van der Waals surface area (Å²) in [5.41, 5.74) is 1.55. The predicted octanol–water partition coefficient (Wildman–Crippen LogP) is 0.214. The predicted molar refractivity (Wildman–Crippen MR) is 94.1 cm³/mol. The van der Waals surface area contributed by atoms with Gasteiger partial charge in [-0.1, -0.05) is 24.3 Å². The molecule has 0 radical (unpaired) electrons. The molecule has 1 aliphatic rings. The van der Waals surface area contributed by atoms with E-state index >= 15 is 0 Å². The minimum absolute atomic E-state index is 0.0652. The van der Waals surface area contributed by atoms with Gasteiger partial charge in [0, 0.05) is 18.1 Å². The van der Waals surface area contributed by atoms with E-state index in [0.717, 1.165) is 0 Å². The SMILES string of the molecule is CC(=O)c1ccccc1CC(=O)c1ccc[n+]([C@@H]2O[C@H](CO)[C@@H](O)[C@H]2O)c1. The fourth-order valence-corrected chi connectivity index (χ4v) is 3.24. The number of ketones is 2. The van der Waals surface area contributed by atoms with Crippen LogP contribution < -0.4 is 4.57 Å². The van der Waals surface area contributed by atoms with Gasteiger partial charge in [0.25, 0.3) is 6.23 Å². The lowest BCUT2D eigenvalue weighted by Gasteiger charge is -2.10. The molecule has 0 spiro atoms. The molecule has 0 bridgehead atoms. The van der Waals surface area contributed by atoms with E-state index in [1.165, 1.54) is 17.7 Å². The van der Waals surface area contributed by atoms with Crippen LogP contribution in [0.5, 0.6) is 0 Å². The number of nitrogens with zero attached hydrogens (tertiary/aromatic N) is 1. The molecule has 2 aromatic rings. The molecule has 1 saturated heterocycles. The number of ether oxygens (including phenoxy) is 1. The normalized spacial score (nSPS) is 24.7. The summed E-state index contributed by atoms with van der Waals surface area (Å²) in [6.45, 7) is 1.04. The average Bonchev–Trinajstić information content (AvgIpc) is 2.96. The summed E-state index contributed by atoms with van der Waals surface area (Å²) in [6, 6.07) is 10.2. The Kier molecular flexibility index (Phi) is 5.76. The Morgan fingerprint density at radius 1 is 1.11 bits per heavy atom. The molecule has 0 saturated carbocycles. The van der Waals surface area contributed by atoms with Crippen molar-refractivity contribution in [1.82, 2.24) is 0 Å². The smallest absolute Gasteiger partial charge is 0.292 e. The van der Waals surface area contributed by atoms with Gasteiger partial charge in [0.15, 0.2) is 30.1 Å². The number of aliphatic hydroxyl groups excluding tert-OH is 3. The summed E-state index contributed by atoms with van der Waals surface area (Å²) in [6.07, 6.45) is -1.03. The molecule has 7 nitrogen and oxygen atoms in total. The number of carbonyl (C=O) groups is 2. The van der Waals surface area contributed by atoms with Crippen LogP contribution in [-0.4, -0.2) is 51.8 Å². The van der Waals surface area contributed by atoms with Gasteiger partial charge >= 0.3 is 0 Å². The zero-order chi connectivity index (χ0) is 19.6. The van der Waals surface area contributed by atoms with E-state index in [9.17, 15) is 24.9 Å². The van der Waals surface area contributed by atoms with E-state index in [-0.39, 0.29) is 18.0 Å². The zero-order valence-electron chi connectivity index (χ0n) is 14.9. The molecule has 7 heteroatoms. The largest absolute Gasteiger partial charge is 0.394 e. The standard InChI is InChI=1S/C20H22NO6/c1-12(23)15-7-3-2-5-13(15)9-16(24)14-6-4-8-21(10-14)20-19(26)18(25)17(11-22)27-20/h2-8,10,17-20,22,25-26H,9,11H2,1H3/q+1/t17-,18-,19-,20-/m1/s1. The molecular weight excluding hydrogens is 350 g/mol. The van der Waals surface area contributed by atoms with E-state index in [1.807, 2.05) is 0 Å². The van der Waals surface area contributed by atoms with E-state index in [4.69, 9.17) is 4.74 Å². The Morgan fingerprint density at radius 2 is 1.85 bits per heavy atom. The second-order valence-electron chi connectivity index (χ2n) is 6.58. The number of hydrogen-bond acceptors (Lipinski definition) is 6. The number of carbonyl (C=O) groups excluding carboxylic acids is 2. The fraction of sp³-hybridized carbons (Fsp3) is 0.350. The monoisotopic (exact) mass is 372 g/mol. The summed E-state index contributed by atoms with van der Waals surface area (Å²) in [7, 11) is 0. The van der Waals surface area contributed by atoms with Crippen molar-refractivity contribution in [3.63, 3.8) is 0 Å². The highest BCUT2D eigenvalue weighted by Gasteiger charge is 2.47. The first-order valence-corrected chi connectivity index (χ1v) is 8.67. The second kappa shape index (κ2) is 8.06. The second-order valence-corrected chi connectivity index (χ2v) is 6.58. The topological polar surface area (TPSA) is 108 Å². The van der Waals surface area contributed by atoms with Crippen LogP contribution in [0, 0.1) is 0 Å². The summed E-state index contributed by atoms with van der Waals surface area (Å²) >= 11 is 0. The van der Waals surface area contributed by atoms with Crippen molar-refractivity contribution in [2.24, 2.45) is 0 Å². The number of Topliss-reactive ketones (excluding diaryl/α,β-unsaturated/α-hetero) is 2. The Bertz CT molecular complexity index is 852. The van der Waals surface area contributed by atoms with Crippen molar-refractivity contribution in [2.45, 2.75) is 37.9 Å². The van der Waals surface area contributed by atoms with Crippen molar-refractivity contribution in [3.8, 4) is 0 Å². The molecule has 0 aliphatic carbocycles. The molecule has 3 N–H and O–H groups in total. The van der Waals surface area contributed by atoms with Gasteiger partial charge in [-0.25, -0.2) is 0 Å². The molecule has 1 fully saturated rings. The molecule has 0 amide bonds. The van der Waals surface area contributed by atoms with E-state index in [2.05, 4.69) is 0 Å². The number of benzene rings is 1. The van der Waals surface area contributed by atoms with Crippen molar-refractivity contribution in [2.75, 3.05) is 6.61 Å². The fourth-order valence-electron chi connectivity index (χ4n) is 3.24. The zero-order valence-corrected chi connectivity index (χ0v) is 14.9. The molecule has 1 aromatic carbocycles. The maximum atomic E-state index is 12.7. The molecule has 1 aliphatic heterocycles. The van der Waals surface area contributed by atoms with Crippen molar-refractivity contribution < 1.29 is 34.2 Å². The number of aliphatic hydroxyl groups is 3. The minimum Gasteiger partial charge on any atom is -0.394 e. The van der Waals surface area contributed by atoms with E-state index < -0.39 is 31.1 Å². The third-order valence-corrected chi connectivity index (χ3v) is 4.70. The Labute approximate surface area is 156 Å². The van der Waals surface area contributed by atoms with Crippen LogP contribution in [0.4, 0.5) is 0 Å². The van der Waals surface area contributed by atoms with Crippen LogP contribution in [0.3, 0.4) is 0 Å². The van der Waals surface area contributed by atoms with Gasteiger partial charge in [0.1, 0.15) is 12.2 Å². The molecule has 1 aromatic heterocycles. The molecule has 27 heavy (non-hydrogen) atoms. The summed E-state index contributed by atoms with van der Waals surface area (Å²) in [4.78, 5) is 24.4. The minimum atomic E-state index is -1.23. The highest BCUT2D eigenvalue weighted by molar-refractivity contribution is 6.01. The molecular formula is C20H22NO6+. The quantitative estimate of drug-likeness (QED) is 0.494. The highest BCUT2D eigenvalue weighted by atomic mass is 16.6. The average molecular weight is 372 g/mol. The highest BCUT2D eigenvalue weighted by Crippen LogP contribution is 2.25. The van der Waals surface area contributed by atoms with Gasteiger partial charge in [0.05, 0.1) is 12.2 Å². The van der Waals surface area contributed by atoms with Gasteiger partial charge in [-0.3, -0.25) is 9.59 Å². The molecule has 4 atom stereocenters. The van der Waals surface area contributed by atoms with Gasteiger partial charge in [-0.15, -0.1) is 0 Å². The van der Waals surface area contributed by atoms with Crippen LogP contribution in [0.15, 0.2) is 48.8 Å². The first kappa shape index (κ1) is 19.3. The number of pyridine rings is 1. The summed E-state index contributed by atoms with van der Waals surface area (Å²) < 4.78 is 6.98. The molecule has 3 rings (SSSR count). The first-order valence-electron chi connectivity index (χ1n) is 8.67. The lowest BCUT2D eigenvalue weighted by atomic mass is 9.97. The van der Waals surface area contributed by atoms with Gasteiger partial charge in [0.2, 0.25) is 0 Å². The number of rotatable bonds is 6. The Balaban J connectivity index is 1.82. The summed E-state index contributed by atoms with van der Waals surface area (Å²) in [5, 5.41) is 29.3. The van der Waals surface area contributed by atoms with Gasteiger partial charge in [-0.2, -0.15) is 4.57 Å². The number of aromatic nitrogens is 1. The Morgan fingerprint density at radius 3 is 2.52 bits per heavy atom. The molecule has 2 heterocycles. The van der Waals surface area contributed by atoms with E-state index in [0.29, 0.717) is 16.7 Å². The maximum Gasteiger partial charge on any atom is 0.292 e. The van der Waals surface area contributed by atoms with Crippen LogP contribution in [0.1, 0.15) is 39.4 Å². The van der Waals surface area contributed by atoms with E-state index in [1.54, 1.807) is 42.6 Å². The van der Waals surface area contributed by atoms with Gasteiger partial charge < -0.3 is 20.1 Å². The summed E-state index contributed by atoms with van der Waals surface area (Å²) in [5.74, 6) is -0.294. The van der Waals surface area contributed by atoms with Crippen LogP contribution in [-0.2, 0) is 11.2 Å². The van der Waals surface area contributed by atoms with Crippen molar-refractivity contribution in [1.29, 1.82) is 0 Å². The van der Waals surface area contributed by atoms with Gasteiger partial charge in [-0.05, 0) is 18.6 Å². The van der Waals surface area contributed by atoms with Crippen molar-refractivity contribution >= 4 is 11.6 Å². The molecule has 0 unspecified atom stereocenters. The third kappa shape index (κ3) is 3.96. The molecule has 142 valence electrons.